The van der Waals surface area contributed by atoms with Gasteiger partial charge >= 0.3 is 0 Å². The van der Waals surface area contributed by atoms with Crippen LogP contribution in [0.3, 0.4) is 0 Å². The van der Waals surface area contributed by atoms with Gasteiger partial charge in [-0.15, -0.1) is 0 Å². The number of aliphatic hydroxyl groups is 1. The van der Waals surface area contributed by atoms with Crippen LogP contribution in [0.15, 0.2) is 54.1 Å². The number of likely N-dealkylation sites (tertiary alicyclic amines) is 1. The summed E-state index contributed by atoms with van der Waals surface area (Å²) in [5.74, 6) is -2.21. The van der Waals surface area contributed by atoms with Crippen molar-refractivity contribution in [1.82, 2.24) is 9.80 Å². The van der Waals surface area contributed by atoms with Crippen molar-refractivity contribution < 1.29 is 23.8 Å². The largest absolute Gasteiger partial charge is 0.507 e. The fourth-order valence-corrected chi connectivity index (χ4v) is 3.42. The number of nitrogens with zero attached hydrogens (tertiary/aromatic N) is 2. The number of amides is 1. The van der Waals surface area contributed by atoms with Gasteiger partial charge in [0.25, 0.3) is 11.7 Å². The van der Waals surface area contributed by atoms with Crippen LogP contribution in [-0.2, 0) is 9.59 Å². The Morgan fingerprint density at radius 3 is 2.45 bits per heavy atom. The number of likely N-dealkylation sites (N-methyl/N-ethyl adjacent to an activating group) is 1. The summed E-state index contributed by atoms with van der Waals surface area (Å²) < 4.78 is 19.9. The molecule has 0 radical (unpaired) electrons. The zero-order chi connectivity index (χ0) is 21.1. The van der Waals surface area contributed by atoms with E-state index in [0.717, 1.165) is 0 Å². The van der Waals surface area contributed by atoms with E-state index in [1.54, 1.807) is 30.3 Å². The summed E-state index contributed by atoms with van der Waals surface area (Å²) >= 11 is 0. The first kappa shape index (κ1) is 20.5. The van der Waals surface area contributed by atoms with Gasteiger partial charge in [-0.05, 0) is 32.3 Å². The lowest BCUT2D eigenvalue weighted by Crippen LogP contribution is -2.35. The van der Waals surface area contributed by atoms with E-state index in [2.05, 4.69) is 0 Å². The van der Waals surface area contributed by atoms with Gasteiger partial charge in [0, 0.05) is 18.7 Å². The average molecular weight is 398 g/mol. The SMILES string of the molecule is COc1ccccc1/C(O)=C1/C(=O)C(=O)N(CCN(C)C)C1c1ccccc1F. The van der Waals surface area contributed by atoms with Crippen LogP contribution in [0.25, 0.3) is 5.76 Å². The molecule has 3 rings (SSSR count). The second kappa shape index (κ2) is 8.45. The van der Waals surface area contributed by atoms with E-state index in [4.69, 9.17) is 4.74 Å². The quantitative estimate of drug-likeness (QED) is 0.460. The lowest BCUT2D eigenvalue weighted by molar-refractivity contribution is -0.140. The van der Waals surface area contributed by atoms with Crippen LogP contribution in [0.1, 0.15) is 17.2 Å². The smallest absolute Gasteiger partial charge is 0.295 e. The van der Waals surface area contributed by atoms with E-state index in [-0.39, 0.29) is 29.0 Å². The van der Waals surface area contributed by atoms with Crippen LogP contribution in [0.4, 0.5) is 4.39 Å². The number of Topliss-reactive ketones (excluding diaryl/α,β-unsaturated/α-hetero) is 1. The van der Waals surface area contributed by atoms with E-state index in [1.165, 1.54) is 30.2 Å². The van der Waals surface area contributed by atoms with Gasteiger partial charge in [-0.2, -0.15) is 0 Å². The normalized spacial score (nSPS) is 18.5. The second-order valence-electron chi connectivity index (χ2n) is 7.02. The van der Waals surface area contributed by atoms with Crippen LogP contribution >= 0.6 is 0 Å². The maximum Gasteiger partial charge on any atom is 0.295 e. The number of rotatable bonds is 6. The Morgan fingerprint density at radius 2 is 1.79 bits per heavy atom. The van der Waals surface area contributed by atoms with E-state index in [0.29, 0.717) is 12.3 Å². The number of aliphatic hydroxyl groups excluding tert-OH is 1. The summed E-state index contributed by atoms with van der Waals surface area (Å²) in [7, 11) is 5.11. The molecule has 1 aliphatic rings. The Balaban J connectivity index is 2.21. The first-order valence-corrected chi connectivity index (χ1v) is 9.17. The first-order chi connectivity index (χ1) is 13.9. The van der Waals surface area contributed by atoms with Gasteiger partial charge in [0.1, 0.15) is 17.3 Å². The van der Waals surface area contributed by atoms with Gasteiger partial charge in [-0.3, -0.25) is 9.59 Å². The number of hydrogen-bond acceptors (Lipinski definition) is 5. The maximum absolute atomic E-state index is 14.7. The zero-order valence-electron chi connectivity index (χ0n) is 16.6. The molecule has 7 heteroatoms. The summed E-state index contributed by atoms with van der Waals surface area (Å²) in [6, 6.07) is 11.5. The van der Waals surface area contributed by atoms with E-state index >= 15 is 0 Å². The first-order valence-electron chi connectivity index (χ1n) is 9.17. The lowest BCUT2D eigenvalue weighted by Gasteiger charge is -2.26. The highest BCUT2D eigenvalue weighted by molar-refractivity contribution is 6.46. The summed E-state index contributed by atoms with van der Waals surface area (Å²) in [5.41, 5.74) is 0.271. The van der Waals surface area contributed by atoms with Crippen molar-refractivity contribution in [3.8, 4) is 5.75 Å². The number of ether oxygens (including phenoxy) is 1. The molecule has 2 aromatic rings. The van der Waals surface area contributed by atoms with E-state index in [9.17, 15) is 19.1 Å². The third kappa shape index (κ3) is 3.86. The standard InChI is InChI=1S/C22H23FN2O4/c1-24(2)12-13-25-19(14-8-4-6-10-16(14)23)18(21(27)22(25)28)20(26)15-9-5-7-11-17(15)29-3/h4-11,19,26H,12-13H2,1-3H3/b20-18-. The number of para-hydroxylation sites is 1. The minimum atomic E-state index is -1.03. The van der Waals surface area contributed by atoms with E-state index < -0.39 is 23.5 Å². The van der Waals surface area contributed by atoms with Gasteiger partial charge in [0.15, 0.2) is 0 Å². The molecule has 0 aromatic heterocycles. The summed E-state index contributed by atoms with van der Waals surface area (Å²) in [6.07, 6.45) is 0. The van der Waals surface area contributed by atoms with Gasteiger partial charge in [0.2, 0.25) is 0 Å². The molecule has 1 aliphatic heterocycles. The van der Waals surface area contributed by atoms with Crippen molar-refractivity contribution in [3.63, 3.8) is 0 Å². The Bertz CT molecular complexity index is 971. The van der Waals surface area contributed by atoms with Crippen LogP contribution < -0.4 is 4.74 Å². The van der Waals surface area contributed by atoms with Crippen LogP contribution in [0.2, 0.25) is 0 Å². The highest BCUT2D eigenvalue weighted by Crippen LogP contribution is 2.41. The molecule has 1 N–H and O–H groups in total. The molecule has 0 saturated carbocycles. The predicted octanol–water partition coefficient (Wildman–Crippen LogP) is 2.82. The Kier molecular flexibility index (Phi) is 5.98. The summed E-state index contributed by atoms with van der Waals surface area (Å²) in [6.45, 7) is 0.686. The molecule has 6 nitrogen and oxygen atoms in total. The molecule has 0 spiro atoms. The molecule has 0 bridgehead atoms. The van der Waals surface area contributed by atoms with Crippen molar-refractivity contribution in [2.45, 2.75) is 6.04 Å². The molecule has 1 amide bonds. The average Bonchev–Trinajstić information content (AvgIpc) is 2.96. The van der Waals surface area contributed by atoms with Gasteiger partial charge in [-0.25, -0.2) is 4.39 Å². The minimum Gasteiger partial charge on any atom is -0.507 e. The highest BCUT2D eigenvalue weighted by Gasteiger charge is 2.47. The Morgan fingerprint density at radius 1 is 1.14 bits per heavy atom. The number of hydrogen-bond donors (Lipinski definition) is 1. The monoisotopic (exact) mass is 398 g/mol. The third-order valence-electron chi connectivity index (χ3n) is 4.89. The Labute approximate surface area is 168 Å². The molecule has 1 unspecified atom stereocenters. The number of halogens is 1. The lowest BCUT2D eigenvalue weighted by atomic mass is 9.94. The molecule has 0 aliphatic carbocycles. The zero-order valence-corrected chi connectivity index (χ0v) is 16.6. The molecule has 152 valence electrons. The van der Waals surface area contributed by atoms with Crippen molar-refractivity contribution in [2.75, 3.05) is 34.3 Å². The van der Waals surface area contributed by atoms with Crippen LogP contribution in [-0.4, -0.2) is 60.9 Å². The topological polar surface area (TPSA) is 70.1 Å². The molecule has 2 aromatic carbocycles. The molecule has 1 atom stereocenters. The molecule has 1 fully saturated rings. The van der Waals surface area contributed by atoms with Crippen molar-refractivity contribution >= 4 is 17.4 Å². The minimum absolute atomic E-state index is 0.150. The van der Waals surface area contributed by atoms with Gasteiger partial charge < -0.3 is 19.6 Å². The van der Waals surface area contributed by atoms with Crippen LogP contribution in [0, 0.1) is 5.82 Å². The van der Waals surface area contributed by atoms with Crippen molar-refractivity contribution in [2.24, 2.45) is 0 Å². The fourth-order valence-electron chi connectivity index (χ4n) is 3.42. The number of benzene rings is 2. The van der Waals surface area contributed by atoms with Gasteiger partial charge in [-0.1, -0.05) is 30.3 Å². The fraction of sp³-hybridized carbons (Fsp3) is 0.273. The number of carbonyl (C=O) groups is 2. The van der Waals surface area contributed by atoms with E-state index in [1.807, 2.05) is 19.0 Å². The number of ketones is 1. The van der Waals surface area contributed by atoms with Crippen molar-refractivity contribution in [3.05, 3.63) is 71.0 Å². The third-order valence-corrected chi connectivity index (χ3v) is 4.89. The molecule has 29 heavy (non-hydrogen) atoms. The molecule has 1 heterocycles. The van der Waals surface area contributed by atoms with Gasteiger partial charge in [0.05, 0.1) is 24.3 Å². The summed E-state index contributed by atoms with van der Waals surface area (Å²) in [5, 5.41) is 11.0. The highest BCUT2D eigenvalue weighted by atomic mass is 19.1. The molecular weight excluding hydrogens is 375 g/mol. The van der Waals surface area contributed by atoms with Crippen molar-refractivity contribution in [1.29, 1.82) is 0 Å². The second-order valence-corrected chi connectivity index (χ2v) is 7.02. The maximum atomic E-state index is 14.7. The summed E-state index contributed by atoms with van der Waals surface area (Å²) in [4.78, 5) is 28.8. The predicted molar refractivity (Wildman–Crippen MR) is 107 cm³/mol. The number of carbonyl (C=O) groups excluding carboxylic acids is 2. The Hall–Kier alpha value is -3.19. The van der Waals surface area contributed by atoms with Crippen LogP contribution in [0.5, 0.6) is 5.75 Å². The molecular formula is C22H23FN2O4. The number of methoxy groups -OCH3 is 1. The molecule has 1 saturated heterocycles.